The number of anilines is 1. The number of aromatic nitrogens is 2. The highest BCUT2D eigenvalue weighted by atomic mass is 79.9. The second-order valence-electron chi connectivity index (χ2n) is 3.46. The molecule has 0 unspecified atom stereocenters. The summed E-state index contributed by atoms with van der Waals surface area (Å²) in [6, 6.07) is 8.11. The predicted molar refractivity (Wildman–Crippen MR) is 74.6 cm³/mol. The minimum atomic E-state index is 0.644. The van der Waals surface area contributed by atoms with Crippen molar-refractivity contribution in [3.63, 3.8) is 0 Å². The van der Waals surface area contributed by atoms with Gasteiger partial charge in [0.05, 0.1) is 0 Å². The summed E-state index contributed by atoms with van der Waals surface area (Å²) in [5.74, 6) is 0.644. The van der Waals surface area contributed by atoms with Gasteiger partial charge in [-0.05, 0) is 35.0 Å². The van der Waals surface area contributed by atoms with E-state index in [1.54, 1.807) is 11.8 Å². The van der Waals surface area contributed by atoms with Gasteiger partial charge in [-0.3, -0.25) is 0 Å². The lowest BCUT2D eigenvalue weighted by atomic mass is 10.4. The van der Waals surface area contributed by atoms with Gasteiger partial charge in [-0.2, -0.15) is 0 Å². The smallest absolute Gasteiger partial charge is 0.223 e. The highest BCUT2D eigenvalue weighted by molar-refractivity contribution is 9.10. The Morgan fingerprint density at radius 1 is 1.29 bits per heavy atom. The number of nitrogens with zero attached hydrogens (tertiary/aromatic N) is 2. The summed E-state index contributed by atoms with van der Waals surface area (Å²) in [4.78, 5) is 9.77. The molecule has 0 amide bonds. The number of hydrogen-bond acceptors (Lipinski definition) is 4. The minimum Gasteiger partial charge on any atom is -0.357 e. The quantitative estimate of drug-likeness (QED) is 0.877. The van der Waals surface area contributed by atoms with Crippen molar-refractivity contribution in [3.8, 4) is 0 Å². The molecule has 0 bridgehead atoms. The van der Waals surface area contributed by atoms with Crippen molar-refractivity contribution in [3.05, 3.63) is 40.5 Å². The van der Waals surface area contributed by atoms with E-state index in [9.17, 15) is 0 Å². The summed E-state index contributed by atoms with van der Waals surface area (Å²) in [7, 11) is 1.82. The number of rotatable bonds is 3. The summed E-state index contributed by atoms with van der Waals surface area (Å²) < 4.78 is 1.08. The Bertz CT molecular complexity index is 531. The second kappa shape index (κ2) is 5.51. The molecule has 5 heteroatoms. The van der Waals surface area contributed by atoms with E-state index in [1.807, 2.05) is 38.4 Å². The summed E-state index contributed by atoms with van der Waals surface area (Å²) >= 11 is 5.17. The van der Waals surface area contributed by atoms with E-state index in [0.29, 0.717) is 5.95 Å². The molecule has 0 saturated carbocycles. The van der Waals surface area contributed by atoms with Gasteiger partial charge in [-0.25, -0.2) is 9.97 Å². The monoisotopic (exact) mass is 309 g/mol. The van der Waals surface area contributed by atoms with Crippen molar-refractivity contribution >= 4 is 33.6 Å². The molecule has 0 aliphatic rings. The van der Waals surface area contributed by atoms with E-state index < -0.39 is 0 Å². The van der Waals surface area contributed by atoms with Crippen LogP contribution in [0.4, 0.5) is 5.95 Å². The van der Waals surface area contributed by atoms with Crippen LogP contribution in [0.15, 0.2) is 44.9 Å². The van der Waals surface area contributed by atoms with Crippen LogP contribution in [0, 0.1) is 6.92 Å². The maximum Gasteiger partial charge on any atom is 0.223 e. The fraction of sp³-hybridized carbons (Fsp3) is 0.167. The normalized spacial score (nSPS) is 10.3. The van der Waals surface area contributed by atoms with E-state index in [4.69, 9.17) is 0 Å². The van der Waals surface area contributed by atoms with Crippen molar-refractivity contribution < 1.29 is 0 Å². The molecule has 3 nitrogen and oxygen atoms in total. The van der Waals surface area contributed by atoms with Gasteiger partial charge in [-0.1, -0.05) is 23.9 Å². The fourth-order valence-corrected chi connectivity index (χ4v) is 2.68. The molecule has 1 heterocycles. The summed E-state index contributed by atoms with van der Waals surface area (Å²) in [5, 5.41) is 3.92. The predicted octanol–water partition coefficient (Wildman–Crippen LogP) is 3.74. The lowest BCUT2D eigenvalue weighted by Crippen LogP contribution is -1.98. The SMILES string of the molecule is CNc1ncc(C)c(Sc2ccccc2Br)n1. The molecule has 0 radical (unpaired) electrons. The third kappa shape index (κ3) is 2.98. The van der Waals surface area contributed by atoms with Crippen molar-refractivity contribution in [2.24, 2.45) is 0 Å². The van der Waals surface area contributed by atoms with Crippen LogP contribution in [0.5, 0.6) is 0 Å². The number of hydrogen-bond donors (Lipinski definition) is 1. The minimum absolute atomic E-state index is 0.644. The molecule has 1 aromatic carbocycles. The number of halogens is 1. The Morgan fingerprint density at radius 2 is 2.06 bits per heavy atom. The van der Waals surface area contributed by atoms with Crippen LogP contribution in [0.3, 0.4) is 0 Å². The zero-order valence-electron chi connectivity index (χ0n) is 9.57. The van der Waals surface area contributed by atoms with Crippen LogP contribution in [-0.4, -0.2) is 17.0 Å². The average Bonchev–Trinajstić information content (AvgIpc) is 2.35. The maximum atomic E-state index is 4.45. The van der Waals surface area contributed by atoms with Crippen LogP contribution < -0.4 is 5.32 Å². The van der Waals surface area contributed by atoms with Gasteiger partial charge in [0, 0.05) is 28.2 Å². The van der Waals surface area contributed by atoms with Crippen molar-refractivity contribution in [1.29, 1.82) is 0 Å². The highest BCUT2D eigenvalue weighted by Gasteiger charge is 2.07. The van der Waals surface area contributed by atoms with Crippen LogP contribution in [-0.2, 0) is 0 Å². The van der Waals surface area contributed by atoms with E-state index in [-0.39, 0.29) is 0 Å². The Kier molecular flexibility index (Phi) is 4.02. The molecular weight excluding hydrogens is 298 g/mol. The Balaban J connectivity index is 2.32. The highest BCUT2D eigenvalue weighted by Crippen LogP contribution is 2.33. The van der Waals surface area contributed by atoms with Gasteiger partial charge in [0.15, 0.2) is 0 Å². The van der Waals surface area contributed by atoms with Gasteiger partial charge >= 0.3 is 0 Å². The van der Waals surface area contributed by atoms with Gasteiger partial charge in [0.2, 0.25) is 5.95 Å². The first-order chi connectivity index (χ1) is 8.20. The number of benzene rings is 1. The maximum absolute atomic E-state index is 4.45. The van der Waals surface area contributed by atoms with Crippen LogP contribution in [0.2, 0.25) is 0 Å². The molecular formula is C12H12BrN3S. The lowest BCUT2D eigenvalue weighted by molar-refractivity contribution is 1.00. The fourth-order valence-electron chi connectivity index (χ4n) is 1.28. The Hall–Kier alpha value is -1.07. The summed E-state index contributed by atoms with van der Waals surface area (Å²) in [6.07, 6.45) is 1.83. The first-order valence-electron chi connectivity index (χ1n) is 5.14. The third-order valence-electron chi connectivity index (χ3n) is 2.19. The molecule has 17 heavy (non-hydrogen) atoms. The summed E-state index contributed by atoms with van der Waals surface area (Å²) in [6.45, 7) is 2.01. The molecule has 0 fully saturated rings. The first kappa shape index (κ1) is 12.4. The molecule has 0 atom stereocenters. The molecule has 0 saturated heterocycles. The molecule has 1 aromatic heterocycles. The average molecular weight is 310 g/mol. The van der Waals surface area contributed by atoms with Gasteiger partial charge in [0.25, 0.3) is 0 Å². The second-order valence-corrected chi connectivity index (χ2v) is 5.35. The standard InChI is InChI=1S/C12H12BrN3S/c1-8-7-15-12(14-2)16-11(8)17-10-6-4-3-5-9(10)13/h3-7H,1-2H3,(H,14,15,16). The molecule has 2 rings (SSSR count). The van der Waals surface area contributed by atoms with E-state index >= 15 is 0 Å². The van der Waals surface area contributed by atoms with E-state index in [2.05, 4.69) is 37.3 Å². The van der Waals surface area contributed by atoms with Crippen LogP contribution in [0.1, 0.15) is 5.56 Å². The molecule has 88 valence electrons. The number of aryl methyl sites for hydroxylation is 1. The zero-order chi connectivity index (χ0) is 12.3. The molecule has 0 aliphatic carbocycles. The van der Waals surface area contributed by atoms with Gasteiger partial charge in [0.1, 0.15) is 5.03 Å². The Morgan fingerprint density at radius 3 is 2.76 bits per heavy atom. The lowest BCUT2D eigenvalue weighted by Gasteiger charge is -2.07. The van der Waals surface area contributed by atoms with Crippen molar-refractivity contribution in [2.75, 3.05) is 12.4 Å². The number of nitrogens with one attached hydrogen (secondary N) is 1. The van der Waals surface area contributed by atoms with Crippen molar-refractivity contribution in [2.45, 2.75) is 16.8 Å². The van der Waals surface area contributed by atoms with E-state index in [0.717, 1.165) is 20.0 Å². The van der Waals surface area contributed by atoms with Crippen molar-refractivity contribution in [1.82, 2.24) is 9.97 Å². The van der Waals surface area contributed by atoms with Gasteiger partial charge in [-0.15, -0.1) is 0 Å². The molecule has 0 aliphatic heterocycles. The van der Waals surface area contributed by atoms with Gasteiger partial charge < -0.3 is 5.32 Å². The molecule has 1 N–H and O–H groups in total. The topological polar surface area (TPSA) is 37.8 Å². The van der Waals surface area contributed by atoms with E-state index in [1.165, 1.54) is 0 Å². The zero-order valence-corrected chi connectivity index (χ0v) is 12.0. The summed E-state index contributed by atoms with van der Waals surface area (Å²) in [5.41, 5.74) is 1.07. The van der Waals surface area contributed by atoms with Crippen LogP contribution >= 0.6 is 27.7 Å². The van der Waals surface area contributed by atoms with Crippen LogP contribution in [0.25, 0.3) is 0 Å². The first-order valence-corrected chi connectivity index (χ1v) is 6.75. The largest absolute Gasteiger partial charge is 0.357 e. The third-order valence-corrected chi connectivity index (χ3v) is 4.33. The molecule has 2 aromatic rings. The molecule has 0 spiro atoms. The Labute approximate surface area is 113 Å².